The summed E-state index contributed by atoms with van der Waals surface area (Å²) in [6.45, 7) is 1.70. The maximum atomic E-state index is 11.0. The summed E-state index contributed by atoms with van der Waals surface area (Å²) in [6, 6.07) is 5.62. The normalized spacial score (nSPS) is 10.8. The molecule has 0 bridgehead atoms. The molecule has 4 nitrogen and oxygen atoms in total. The molecule has 0 aliphatic rings. The van der Waals surface area contributed by atoms with Crippen molar-refractivity contribution in [1.29, 1.82) is 0 Å². The van der Waals surface area contributed by atoms with Crippen molar-refractivity contribution in [2.75, 3.05) is 0 Å². The van der Waals surface area contributed by atoms with Crippen molar-refractivity contribution in [3.63, 3.8) is 0 Å². The molecule has 1 rings (SSSR count). The van der Waals surface area contributed by atoms with Gasteiger partial charge < -0.3 is 4.74 Å². The van der Waals surface area contributed by atoms with E-state index < -0.39 is 16.7 Å². The van der Waals surface area contributed by atoms with Crippen LogP contribution in [0.5, 0.6) is 5.75 Å². The van der Waals surface area contributed by atoms with Gasteiger partial charge >= 0.3 is 5.97 Å². The van der Waals surface area contributed by atoms with E-state index in [2.05, 4.69) is 0 Å². The third-order valence-corrected chi connectivity index (χ3v) is 2.29. The molecule has 0 aliphatic carbocycles. The summed E-state index contributed by atoms with van der Waals surface area (Å²) >= 11 is 0. The van der Waals surface area contributed by atoms with Crippen molar-refractivity contribution < 1.29 is 17.9 Å². The highest BCUT2D eigenvalue weighted by atomic mass is 32.2. The number of thiol groups is 1. The second-order valence-electron chi connectivity index (χ2n) is 2.67. The molecule has 1 aromatic rings. The van der Waals surface area contributed by atoms with E-state index in [-0.39, 0.29) is 4.90 Å². The smallest absolute Gasteiger partial charge is 0.335 e. The van der Waals surface area contributed by atoms with Gasteiger partial charge in [0.15, 0.2) is 10.7 Å². The molecule has 0 spiro atoms. The summed E-state index contributed by atoms with van der Waals surface area (Å²) in [5.41, 5.74) is 0. The van der Waals surface area contributed by atoms with E-state index in [1.54, 1.807) is 13.0 Å². The minimum absolute atomic E-state index is 0.191. The van der Waals surface area contributed by atoms with E-state index in [0.29, 0.717) is 5.75 Å². The summed E-state index contributed by atoms with van der Waals surface area (Å²) in [7, 11) is -2.59. The van der Waals surface area contributed by atoms with Gasteiger partial charge in [-0.3, -0.25) is 0 Å². The van der Waals surface area contributed by atoms with Crippen LogP contribution in [0.25, 0.3) is 0 Å². The van der Waals surface area contributed by atoms with E-state index >= 15 is 0 Å². The minimum Gasteiger partial charge on any atom is -0.423 e. The van der Waals surface area contributed by atoms with Gasteiger partial charge in [-0.15, -0.1) is 0 Å². The second kappa shape index (κ2) is 5.31. The largest absolute Gasteiger partial charge is 0.423 e. The molecule has 0 aromatic heterocycles. The van der Waals surface area contributed by atoms with Gasteiger partial charge in [-0.1, -0.05) is 6.08 Å². The van der Waals surface area contributed by atoms with Crippen LogP contribution in [0.2, 0.25) is 0 Å². The van der Waals surface area contributed by atoms with Gasteiger partial charge in [0, 0.05) is 6.08 Å². The third-order valence-electron chi connectivity index (χ3n) is 1.57. The Morgan fingerprint density at radius 3 is 2.33 bits per heavy atom. The van der Waals surface area contributed by atoms with Crippen LogP contribution in [-0.2, 0) is 15.5 Å². The third kappa shape index (κ3) is 3.55. The van der Waals surface area contributed by atoms with Crippen LogP contribution in [-0.4, -0.2) is 14.4 Å². The molecule has 5 heteroatoms. The van der Waals surface area contributed by atoms with Gasteiger partial charge in [-0.05, 0) is 31.2 Å². The Kier molecular flexibility index (Phi) is 4.05. The molecule has 80 valence electrons. The molecule has 0 saturated heterocycles. The Morgan fingerprint density at radius 2 is 1.87 bits per heavy atom. The van der Waals surface area contributed by atoms with E-state index in [0.717, 1.165) is 0 Å². The number of esters is 1. The Morgan fingerprint density at radius 1 is 1.27 bits per heavy atom. The molecule has 0 fully saturated rings. The lowest BCUT2D eigenvalue weighted by Gasteiger charge is -2.00. The van der Waals surface area contributed by atoms with Crippen molar-refractivity contribution in [2.45, 2.75) is 11.8 Å². The second-order valence-corrected chi connectivity index (χ2v) is 3.70. The molecule has 0 saturated carbocycles. The monoisotopic (exact) mass is 226 g/mol. The Hall–Kier alpha value is -1.62. The number of benzene rings is 1. The summed E-state index contributed by atoms with van der Waals surface area (Å²) in [4.78, 5) is 11.2. The first-order valence-corrected chi connectivity index (χ1v) is 5.40. The molecular formula is C10H10O4S. The van der Waals surface area contributed by atoms with Crippen LogP contribution >= 0.6 is 0 Å². The van der Waals surface area contributed by atoms with Crippen molar-refractivity contribution in [2.24, 2.45) is 0 Å². The molecular weight excluding hydrogens is 216 g/mol. The molecule has 0 N–H and O–H groups in total. The van der Waals surface area contributed by atoms with Crippen LogP contribution < -0.4 is 4.74 Å². The fourth-order valence-electron chi connectivity index (χ4n) is 0.922. The van der Waals surface area contributed by atoms with Crippen LogP contribution in [0.15, 0.2) is 41.3 Å². The van der Waals surface area contributed by atoms with Gasteiger partial charge in [0.25, 0.3) is 0 Å². The highest BCUT2D eigenvalue weighted by Crippen LogP contribution is 2.13. The highest BCUT2D eigenvalue weighted by molar-refractivity contribution is 7.72. The number of rotatable bonds is 3. The number of allylic oxidation sites excluding steroid dienone is 1. The molecule has 1 aromatic carbocycles. The summed E-state index contributed by atoms with van der Waals surface area (Å²) in [5.74, 6) is -0.171. The molecule has 0 radical (unpaired) electrons. The first-order valence-electron chi connectivity index (χ1n) is 4.22. The van der Waals surface area contributed by atoms with Gasteiger partial charge in [0.2, 0.25) is 0 Å². The SMILES string of the molecule is CC=CC(=O)Oc1ccc([SH](=O)=O)cc1. The van der Waals surface area contributed by atoms with Crippen molar-refractivity contribution >= 4 is 16.7 Å². The lowest BCUT2D eigenvalue weighted by atomic mass is 10.3. The van der Waals surface area contributed by atoms with Crippen molar-refractivity contribution in [3.05, 3.63) is 36.4 Å². The Bertz CT molecular complexity index is 435. The fourth-order valence-corrected chi connectivity index (χ4v) is 1.31. The molecule has 0 atom stereocenters. The standard InChI is InChI=1S/C10H10O4S/c1-2-3-10(11)14-8-4-6-9(7-5-8)15(12)13/h2-7,15H,1H3. The lowest BCUT2D eigenvalue weighted by molar-refractivity contribution is -0.129. The molecule has 15 heavy (non-hydrogen) atoms. The lowest BCUT2D eigenvalue weighted by Crippen LogP contribution is -2.03. The number of carbonyl (C=O) groups is 1. The maximum absolute atomic E-state index is 11.0. The first-order chi connectivity index (χ1) is 7.13. The summed E-state index contributed by atoms with van der Waals surface area (Å²) in [5, 5.41) is 0. The average molecular weight is 226 g/mol. The molecule has 0 heterocycles. The van der Waals surface area contributed by atoms with Crippen LogP contribution in [0, 0.1) is 0 Å². The minimum atomic E-state index is -2.59. The zero-order chi connectivity index (χ0) is 11.3. The predicted molar refractivity (Wildman–Crippen MR) is 55.5 cm³/mol. The van der Waals surface area contributed by atoms with Gasteiger partial charge in [0.1, 0.15) is 5.75 Å². The maximum Gasteiger partial charge on any atom is 0.335 e. The topological polar surface area (TPSA) is 60.4 Å². The zero-order valence-electron chi connectivity index (χ0n) is 8.04. The van der Waals surface area contributed by atoms with E-state index in [1.807, 2.05) is 0 Å². The van der Waals surface area contributed by atoms with Crippen molar-refractivity contribution in [3.8, 4) is 5.75 Å². The number of ether oxygens (including phenoxy) is 1. The Balaban J connectivity index is 2.77. The van der Waals surface area contributed by atoms with Gasteiger partial charge in [-0.25, -0.2) is 13.2 Å². The number of hydrogen-bond acceptors (Lipinski definition) is 4. The Labute approximate surface area is 89.1 Å². The van der Waals surface area contributed by atoms with E-state index in [4.69, 9.17) is 4.74 Å². The zero-order valence-corrected chi connectivity index (χ0v) is 8.94. The quantitative estimate of drug-likeness (QED) is 0.363. The summed E-state index contributed by atoms with van der Waals surface area (Å²) in [6.07, 6.45) is 2.84. The molecule has 0 aliphatic heterocycles. The van der Waals surface area contributed by atoms with E-state index in [1.165, 1.54) is 30.3 Å². The van der Waals surface area contributed by atoms with Crippen LogP contribution in [0.4, 0.5) is 0 Å². The van der Waals surface area contributed by atoms with E-state index in [9.17, 15) is 13.2 Å². The number of hydrogen-bond donors (Lipinski definition) is 1. The van der Waals surface area contributed by atoms with Gasteiger partial charge in [0.05, 0.1) is 4.90 Å². The highest BCUT2D eigenvalue weighted by Gasteiger charge is 2.00. The predicted octanol–water partition coefficient (Wildman–Crippen LogP) is 1.14. The average Bonchev–Trinajstić information content (AvgIpc) is 2.18. The fraction of sp³-hybridized carbons (Fsp3) is 0.100. The van der Waals surface area contributed by atoms with Gasteiger partial charge in [-0.2, -0.15) is 0 Å². The molecule has 0 amide bonds. The van der Waals surface area contributed by atoms with Crippen LogP contribution in [0.1, 0.15) is 6.92 Å². The summed E-state index contributed by atoms with van der Waals surface area (Å²) < 4.78 is 26.0. The van der Waals surface area contributed by atoms with Crippen molar-refractivity contribution in [1.82, 2.24) is 0 Å². The molecule has 0 unspecified atom stereocenters. The first kappa shape index (κ1) is 11.5. The van der Waals surface area contributed by atoms with Crippen LogP contribution in [0.3, 0.4) is 0 Å². The number of carbonyl (C=O) groups excluding carboxylic acids is 1.